The number of nitrogens with two attached hydrogens (primary N) is 1. The molecule has 1 fully saturated rings. The first-order valence-electron chi connectivity index (χ1n) is 9.49. The number of anilines is 1. The Kier molecular flexibility index (Phi) is 5.29. The molecule has 3 aromatic rings. The molecule has 1 saturated carbocycles. The minimum atomic E-state index is -3.68. The summed E-state index contributed by atoms with van der Waals surface area (Å²) in [6, 6.07) is 6.57. The van der Waals surface area contributed by atoms with Crippen LogP contribution in [0.3, 0.4) is 0 Å². The first-order chi connectivity index (χ1) is 13.8. The number of nitrogen functional groups attached to an aromatic ring is 1. The molecule has 2 heterocycles. The maximum Gasteiger partial charge on any atom is 0.240 e. The minimum Gasteiger partial charge on any atom is -0.394 e. The summed E-state index contributed by atoms with van der Waals surface area (Å²) >= 11 is 6.08. The number of fused-ring (bicyclic) bond motifs is 1. The molecule has 1 aromatic carbocycles. The van der Waals surface area contributed by atoms with E-state index in [4.69, 9.17) is 17.3 Å². The van der Waals surface area contributed by atoms with Crippen molar-refractivity contribution in [3.63, 3.8) is 0 Å². The second kappa shape index (κ2) is 7.60. The maximum atomic E-state index is 12.9. The van der Waals surface area contributed by atoms with E-state index in [1.165, 1.54) is 0 Å². The Balaban J connectivity index is 1.71. The number of sulfonamides is 1. The number of benzene rings is 1. The second-order valence-electron chi connectivity index (χ2n) is 7.52. The first kappa shape index (κ1) is 20.2. The van der Waals surface area contributed by atoms with Crippen molar-refractivity contribution in [3.8, 4) is 11.3 Å². The molecule has 0 radical (unpaired) electrons. The van der Waals surface area contributed by atoms with Crippen molar-refractivity contribution in [2.24, 2.45) is 0 Å². The van der Waals surface area contributed by atoms with Crippen LogP contribution in [-0.2, 0) is 10.0 Å². The van der Waals surface area contributed by atoms with Crippen molar-refractivity contribution in [3.05, 3.63) is 47.2 Å². The lowest BCUT2D eigenvalue weighted by molar-refractivity contribution is 0.120. The van der Waals surface area contributed by atoms with Crippen LogP contribution in [0.1, 0.15) is 31.2 Å². The number of aliphatic hydroxyl groups excluding tert-OH is 1. The van der Waals surface area contributed by atoms with Crippen LogP contribution in [0.15, 0.2) is 41.6 Å². The monoisotopic (exact) mass is 434 g/mol. The van der Waals surface area contributed by atoms with E-state index in [2.05, 4.69) is 9.71 Å². The van der Waals surface area contributed by atoms with Crippen molar-refractivity contribution in [2.75, 3.05) is 5.73 Å². The average molecular weight is 435 g/mol. The molecule has 29 heavy (non-hydrogen) atoms. The van der Waals surface area contributed by atoms with Crippen molar-refractivity contribution < 1.29 is 13.5 Å². The summed E-state index contributed by atoms with van der Waals surface area (Å²) in [5, 5.41) is 10.1. The lowest BCUT2D eigenvalue weighted by Crippen LogP contribution is -2.38. The lowest BCUT2D eigenvalue weighted by atomic mass is 9.94. The van der Waals surface area contributed by atoms with Gasteiger partial charge in [-0.3, -0.25) is 4.40 Å². The number of rotatable bonds is 4. The van der Waals surface area contributed by atoms with E-state index in [9.17, 15) is 13.5 Å². The molecule has 7 nitrogen and oxygen atoms in total. The highest BCUT2D eigenvalue weighted by molar-refractivity contribution is 7.89. The van der Waals surface area contributed by atoms with Crippen molar-refractivity contribution in [2.45, 2.75) is 49.6 Å². The van der Waals surface area contributed by atoms with Gasteiger partial charge in [0, 0.05) is 17.8 Å². The van der Waals surface area contributed by atoms with Crippen LogP contribution in [0.5, 0.6) is 0 Å². The Labute approximate surface area is 174 Å². The molecule has 0 spiro atoms. The summed E-state index contributed by atoms with van der Waals surface area (Å²) in [7, 11) is -3.68. The average Bonchev–Trinajstić information content (AvgIpc) is 3.11. The molecule has 0 atom stereocenters. The van der Waals surface area contributed by atoms with Crippen LogP contribution in [0.25, 0.3) is 16.9 Å². The standard InChI is InChI=1S/C20H23ClN4O3S/c1-12-2-7-15(29(27,28)24-13-3-5-14(26)6-4-13)10-16(12)18-11-23-20-19(22)17(21)8-9-25(18)20/h2,7-11,13-14,24,26H,3-6,22H2,1H3. The highest BCUT2D eigenvalue weighted by Gasteiger charge is 2.25. The summed E-state index contributed by atoms with van der Waals surface area (Å²) in [5.74, 6) is 0. The largest absolute Gasteiger partial charge is 0.394 e. The van der Waals surface area contributed by atoms with Crippen LogP contribution in [0, 0.1) is 6.92 Å². The molecule has 9 heteroatoms. The molecule has 0 aliphatic heterocycles. The van der Waals surface area contributed by atoms with Crippen LogP contribution in [0.2, 0.25) is 5.02 Å². The van der Waals surface area contributed by atoms with Crippen molar-refractivity contribution in [1.29, 1.82) is 0 Å². The molecule has 0 bridgehead atoms. The predicted octanol–water partition coefficient (Wildman–Crippen LogP) is 3.13. The van der Waals surface area contributed by atoms with Gasteiger partial charge in [-0.05, 0) is 56.4 Å². The molecule has 1 aliphatic rings. The van der Waals surface area contributed by atoms with Crippen LogP contribution in [-0.4, -0.2) is 35.1 Å². The predicted molar refractivity (Wildman–Crippen MR) is 113 cm³/mol. The van der Waals surface area contributed by atoms with E-state index in [0.29, 0.717) is 42.0 Å². The fourth-order valence-electron chi connectivity index (χ4n) is 3.77. The van der Waals surface area contributed by atoms with E-state index in [-0.39, 0.29) is 17.0 Å². The smallest absolute Gasteiger partial charge is 0.240 e. The molecule has 1 aliphatic carbocycles. The van der Waals surface area contributed by atoms with Crippen LogP contribution in [0.4, 0.5) is 5.69 Å². The van der Waals surface area contributed by atoms with Gasteiger partial charge in [-0.15, -0.1) is 0 Å². The molecule has 4 rings (SSSR count). The summed E-state index contributed by atoms with van der Waals surface area (Å²) in [4.78, 5) is 4.55. The fraction of sp³-hybridized carbons (Fsp3) is 0.350. The number of nitrogens with zero attached hydrogens (tertiary/aromatic N) is 2. The normalized spacial score (nSPS) is 20.2. The van der Waals surface area contributed by atoms with Gasteiger partial charge in [0.1, 0.15) is 0 Å². The molecule has 0 amide bonds. The summed E-state index contributed by atoms with van der Waals surface area (Å²) in [6.07, 6.45) is 5.58. The maximum absolute atomic E-state index is 12.9. The molecule has 2 aromatic heterocycles. The third-order valence-corrected chi connectivity index (χ3v) is 7.33. The van der Waals surface area contributed by atoms with Gasteiger partial charge in [-0.2, -0.15) is 0 Å². The third-order valence-electron chi connectivity index (χ3n) is 5.48. The summed E-state index contributed by atoms with van der Waals surface area (Å²) in [5.41, 5.74) is 9.33. The highest BCUT2D eigenvalue weighted by atomic mass is 35.5. The van der Waals surface area contributed by atoms with Crippen molar-refractivity contribution >= 4 is 33.0 Å². The second-order valence-corrected chi connectivity index (χ2v) is 9.64. The Bertz CT molecular complexity index is 1170. The van der Waals surface area contributed by atoms with Gasteiger partial charge >= 0.3 is 0 Å². The zero-order valence-corrected chi connectivity index (χ0v) is 17.5. The van der Waals surface area contributed by atoms with Gasteiger partial charge in [0.25, 0.3) is 0 Å². The number of aliphatic hydroxyl groups is 1. The zero-order valence-electron chi connectivity index (χ0n) is 16.0. The SMILES string of the molecule is Cc1ccc(S(=O)(=O)NC2CCC(O)CC2)cc1-c1cnc2c(N)c(Cl)ccn12. The summed E-state index contributed by atoms with van der Waals surface area (Å²) in [6.45, 7) is 1.92. The topological polar surface area (TPSA) is 110 Å². The summed E-state index contributed by atoms with van der Waals surface area (Å²) < 4.78 is 30.5. The molecular formula is C20H23ClN4O3S. The number of imidazole rings is 1. The van der Waals surface area contributed by atoms with Crippen LogP contribution >= 0.6 is 11.6 Å². The number of halogens is 1. The van der Waals surface area contributed by atoms with E-state index in [1.807, 2.05) is 6.92 Å². The number of nitrogens with one attached hydrogen (secondary N) is 1. The third kappa shape index (κ3) is 3.85. The Hall–Kier alpha value is -2.13. The zero-order chi connectivity index (χ0) is 20.8. The van der Waals surface area contributed by atoms with Crippen LogP contribution < -0.4 is 10.5 Å². The lowest BCUT2D eigenvalue weighted by Gasteiger charge is -2.26. The first-order valence-corrected chi connectivity index (χ1v) is 11.3. The van der Waals surface area contributed by atoms with Gasteiger partial charge in [0.15, 0.2) is 5.65 Å². The van der Waals surface area contributed by atoms with Gasteiger partial charge in [0.2, 0.25) is 10.0 Å². The number of hydrogen-bond acceptors (Lipinski definition) is 5. The quantitative estimate of drug-likeness (QED) is 0.584. The molecule has 0 saturated heterocycles. The Morgan fingerprint density at radius 2 is 1.97 bits per heavy atom. The van der Waals surface area contributed by atoms with E-state index >= 15 is 0 Å². The van der Waals surface area contributed by atoms with Gasteiger partial charge in [0.05, 0.1) is 33.6 Å². The number of aryl methyl sites for hydroxylation is 1. The van der Waals surface area contributed by atoms with Gasteiger partial charge in [-0.25, -0.2) is 18.1 Å². The van der Waals surface area contributed by atoms with E-state index < -0.39 is 10.0 Å². The minimum absolute atomic E-state index is 0.161. The molecule has 4 N–H and O–H groups in total. The highest BCUT2D eigenvalue weighted by Crippen LogP contribution is 2.31. The Morgan fingerprint density at radius 3 is 2.69 bits per heavy atom. The fourth-order valence-corrected chi connectivity index (χ4v) is 5.24. The Morgan fingerprint density at radius 1 is 1.24 bits per heavy atom. The van der Waals surface area contributed by atoms with Gasteiger partial charge in [-0.1, -0.05) is 17.7 Å². The van der Waals surface area contributed by atoms with Gasteiger partial charge < -0.3 is 10.8 Å². The van der Waals surface area contributed by atoms with E-state index in [1.54, 1.807) is 41.1 Å². The molecule has 0 unspecified atom stereocenters. The number of pyridine rings is 1. The number of hydrogen-bond donors (Lipinski definition) is 3. The molecular weight excluding hydrogens is 412 g/mol. The van der Waals surface area contributed by atoms with E-state index in [0.717, 1.165) is 16.8 Å². The van der Waals surface area contributed by atoms with Crippen molar-refractivity contribution in [1.82, 2.24) is 14.1 Å². The molecule has 154 valence electrons. The number of aromatic nitrogens is 2.